The monoisotopic (exact) mass is 464 g/mol. The lowest BCUT2D eigenvalue weighted by atomic mass is 10.2. The van der Waals surface area contributed by atoms with Crippen LogP contribution in [0.15, 0.2) is 47.4 Å². The van der Waals surface area contributed by atoms with Crippen molar-refractivity contribution in [3.05, 3.63) is 69.7 Å². The molecule has 1 aliphatic heterocycles. The van der Waals surface area contributed by atoms with Crippen molar-refractivity contribution >= 4 is 33.0 Å². The van der Waals surface area contributed by atoms with E-state index in [0.29, 0.717) is 30.5 Å². The maximum atomic E-state index is 13.8. The molecule has 162 valence electrons. The highest BCUT2D eigenvalue weighted by Crippen LogP contribution is 2.37. The minimum absolute atomic E-state index is 0.0432. The van der Waals surface area contributed by atoms with Crippen molar-refractivity contribution in [1.82, 2.24) is 14.5 Å². The third-order valence-corrected chi connectivity index (χ3v) is 7.88. The molecule has 0 spiro atoms. The Labute approximate surface area is 181 Å². The van der Waals surface area contributed by atoms with Crippen molar-refractivity contribution in [2.45, 2.75) is 30.7 Å². The lowest BCUT2D eigenvalue weighted by Crippen LogP contribution is -2.30. The highest BCUT2D eigenvalue weighted by Gasteiger charge is 2.38. The average Bonchev–Trinajstić information content (AvgIpc) is 3.40. The van der Waals surface area contributed by atoms with Gasteiger partial charge in [0.05, 0.1) is 16.6 Å². The Bertz CT molecular complexity index is 1230. The maximum Gasteiger partial charge on any atom is 0.286 e. The second-order valence-corrected chi connectivity index (χ2v) is 10.0. The Morgan fingerprint density at radius 3 is 2.61 bits per heavy atom. The van der Waals surface area contributed by atoms with Gasteiger partial charge in [-0.05, 0) is 44.0 Å². The highest BCUT2D eigenvalue weighted by molar-refractivity contribution is 7.89. The van der Waals surface area contributed by atoms with Crippen LogP contribution < -0.4 is 5.32 Å². The summed E-state index contributed by atoms with van der Waals surface area (Å²) in [5.74, 6) is -2.38. The lowest BCUT2D eigenvalue weighted by molar-refractivity contribution is 0.102. The molecule has 2 aromatic carbocycles. The number of amides is 1. The normalized spacial score (nSPS) is 17.1. The first-order valence-corrected chi connectivity index (χ1v) is 11.7. The van der Waals surface area contributed by atoms with Crippen molar-refractivity contribution < 1.29 is 22.0 Å². The third kappa shape index (κ3) is 4.34. The van der Waals surface area contributed by atoms with Crippen LogP contribution in [0.2, 0.25) is 0 Å². The molecule has 1 aliphatic rings. The van der Waals surface area contributed by atoms with Crippen molar-refractivity contribution in [2.75, 3.05) is 11.9 Å². The van der Waals surface area contributed by atoms with Gasteiger partial charge in [-0.25, -0.2) is 17.2 Å². The van der Waals surface area contributed by atoms with E-state index in [4.69, 9.17) is 0 Å². The van der Waals surface area contributed by atoms with Crippen LogP contribution in [0.1, 0.15) is 39.3 Å². The van der Waals surface area contributed by atoms with Crippen LogP contribution in [0.4, 0.5) is 14.5 Å². The van der Waals surface area contributed by atoms with Crippen molar-refractivity contribution in [3.8, 4) is 0 Å². The Balaban J connectivity index is 1.55. The number of anilines is 1. The number of rotatable bonds is 5. The van der Waals surface area contributed by atoms with Crippen LogP contribution in [-0.4, -0.2) is 35.4 Å². The van der Waals surface area contributed by atoms with E-state index in [1.165, 1.54) is 4.31 Å². The minimum atomic E-state index is -3.74. The topological polar surface area (TPSA) is 92.3 Å². The molecular formula is C20H18F2N4O3S2. The molecule has 4 rings (SSSR count). The molecule has 2 heterocycles. The van der Waals surface area contributed by atoms with Gasteiger partial charge < -0.3 is 5.32 Å². The van der Waals surface area contributed by atoms with Crippen molar-refractivity contribution in [2.24, 2.45) is 0 Å². The first kappa shape index (κ1) is 21.5. The fraction of sp³-hybridized carbons (Fsp3) is 0.250. The number of halogens is 2. The number of hydrogen-bond acceptors (Lipinski definition) is 6. The highest BCUT2D eigenvalue weighted by atomic mass is 32.2. The largest absolute Gasteiger partial charge is 0.317 e. The Hall–Kier alpha value is -2.76. The molecule has 0 bridgehead atoms. The molecule has 1 atom stereocenters. The molecule has 11 heteroatoms. The van der Waals surface area contributed by atoms with Crippen LogP contribution in [0.25, 0.3) is 0 Å². The summed E-state index contributed by atoms with van der Waals surface area (Å²) in [6, 6.07) is 8.86. The fourth-order valence-electron chi connectivity index (χ4n) is 3.35. The van der Waals surface area contributed by atoms with Gasteiger partial charge in [0.2, 0.25) is 15.0 Å². The molecule has 3 aromatic rings. The molecule has 1 aromatic heterocycles. The van der Waals surface area contributed by atoms with E-state index in [0.717, 1.165) is 29.0 Å². The van der Waals surface area contributed by atoms with Gasteiger partial charge in [0, 0.05) is 12.6 Å². The number of nitrogens with one attached hydrogen (secondary N) is 1. The molecule has 0 saturated carbocycles. The zero-order valence-corrected chi connectivity index (χ0v) is 18.0. The number of hydrogen-bond donors (Lipinski definition) is 1. The predicted molar refractivity (Wildman–Crippen MR) is 111 cm³/mol. The Morgan fingerprint density at radius 1 is 1.16 bits per heavy atom. The van der Waals surface area contributed by atoms with Crippen LogP contribution >= 0.6 is 11.3 Å². The summed E-state index contributed by atoms with van der Waals surface area (Å²) in [6.07, 6.45) is 1.20. The number of nitrogens with zero attached hydrogens (tertiary/aromatic N) is 3. The van der Waals surface area contributed by atoms with E-state index in [1.54, 1.807) is 24.3 Å². The van der Waals surface area contributed by atoms with Gasteiger partial charge in [-0.1, -0.05) is 29.0 Å². The van der Waals surface area contributed by atoms with E-state index in [9.17, 15) is 22.0 Å². The zero-order chi connectivity index (χ0) is 22.2. The second kappa shape index (κ2) is 8.40. The van der Waals surface area contributed by atoms with Gasteiger partial charge in [0.1, 0.15) is 16.6 Å². The van der Waals surface area contributed by atoms with Gasteiger partial charge >= 0.3 is 0 Å². The summed E-state index contributed by atoms with van der Waals surface area (Å²) in [5.41, 5.74) is 0.766. The first-order valence-electron chi connectivity index (χ1n) is 9.44. The molecular weight excluding hydrogens is 446 g/mol. The molecule has 0 radical (unpaired) electrons. The molecule has 7 nitrogen and oxygen atoms in total. The molecule has 1 unspecified atom stereocenters. The summed E-state index contributed by atoms with van der Waals surface area (Å²) in [5, 5.41) is 10.5. The van der Waals surface area contributed by atoms with Gasteiger partial charge in [-0.3, -0.25) is 4.79 Å². The van der Waals surface area contributed by atoms with Gasteiger partial charge in [0.15, 0.2) is 0 Å². The molecule has 1 N–H and O–H groups in total. The zero-order valence-electron chi connectivity index (χ0n) is 16.4. The summed E-state index contributed by atoms with van der Waals surface area (Å²) in [6.45, 7) is 2.21. The van der Waals surface area contributed by atoms with Gasteiger partial charge in [0.25, 0.3) is 5.91 Å². The van der Waals surface area contributed by atoms with Gasteiger partial charge in [-0.2, -0.15) is 4.31 Å². The summed E-state index contributed by atoms with van der Waals surface area (Å²) in [4.78, 5) is 12.6. The number of carbonyl (C=O) groups is 1. The number of carbonyl (C=O) groups excluding carboxylic acids is 1. The molecule has 31 heavy (non-hydrogen) atoms. The Kier molecular flexibility index (Phi) is 5.82. The lowest BCUT2D eigenvalue weighted by Gasteiger charge is -2.22. The summed E-state index contributed by atoms with van der Waals surface area (Å²) >= 11 is 0.947. The van der Waals surface area contributed by atoms with Crippen molar-refractivity contribution in [3.63, 3.8) is 0 Å². The summed E-state index contributed by atoms with van der Waals surface area (Å²) in [7, 11) is -3.74. The minimum Gasteiger partial charge on any atom is -0.317 e. The molecule has 1 saturated heterocycles. The van der Waals surface area contributed by atoms with Crippen molar-refractivity contribution in [1.29, 1.82) is 0 Å². The molecule has 1 amide bonds. The predicted octanol–water partition coefficient (Wildman–Crippen LogP) is 3.90. The standard InChI is InChI=1S/C20H18F2N4O3S2/c1-12-4-7-14(8-5-12)31(28,29)26-10-2-3-17(26)19-24-25-20(30-19)18(27)23-16-9-6-13(21)11-15(16)22/h4-9,11,17H,2-3,10H2,1H3,(H,23,27). The smallest absolute Gasteiger partial charge is 0.286 e. The van der Waals surface area contributed by atoms with E-state index >= 15 is 0 Å². The van der Waals surface area contributed by atoms with E-state index < -0.39 is 33.6 Å². The van der Waals surface area contributed by atoms with Gasteiger partial charge in [-0.15, -0.1) is 10.2 Å². The number of aromatic nitrogens is 2. The van der Waals surface area contributed by atoms with Crippen LogP contribution in [0.5, 0.6) is 0 Å². The number of sulfonamides is 1. The number of aryl methyl sites for hydroxylation is 1. The second-order valence-electron chi connectivity index (χ2n) is 7.11. The van der Waals surface area contributed by atoms with E-state index in [-0.39, 0.29) is 15.6 Å². The van der Waals surface area contributed by atoms with Crippen LogP contribution in [0, 0.1) is 18.6 Å². The third-order valence-electron chi connectivity index (χ3n) is 4.93. The maximum absolute atomic E-state index is 13.8. The molecule has 0 aliphatic carbocycles. The SMILES string of the molecule is Cc1ccc(S(=O)(=O)N2CCCC2c2nnc(C(=O)Nc3ccc(F)cc3F)s2)cc1. The Morgan fingerprint density at radius 2 is 1.90 bits per heavy atom. The van der Waals surface area contributed by atoms with Crippen LogP contribution in [0.3, 0.4) is 0 Å². The summed E-state index contributed by atoms with van der Waals surface area (Å²) < 4.78 is 54.4. The average molecular weight is 465 g/mol. The number of benzene rings is 2. The quantitative estimate of drug-likeness (QED) is 0.618. The van der Waals surface area contributed by atoms with E-state index in [1.807, 2.05) is 6.92 Å². The molecule has 1 fully saturated rings. The van der Waals surface area contributed by atoms with Crippen LogP contribution in [-0.2, 0) is 10.0 Å². The van der Waals surface area contributed by atoms with E-state index in [2.05, 4.69) is 15.5 Å². The fourth-order valence-corrected chi connectivity index (χ4v) is 5.96. The first-order chi connectivity index (χ1) is 14.8.